The van der Waals surface area contributed by atoms with E-state index >= 15 is 0 Å². The van der Waals surface area contributed by atoms with Crippen LogP contribution in [0, 0.1) is 5.82 Å². The number of nitrogens with zero attached hydrogens (tertiary/aromatic N) is 2. The molecule has 0 spiro atoms. The Balaban J connectivity index is 2.66. The Kier molecular flexibility index (Phi) is 5.34. The number of nitrogens with one attached hydrogen (secondary N) is 1. The SMILES string of the molecule is CCS(=O)(=O)Nc1cc(-c2nn(C)c(C(F)(F)F)cc2=O)c(F)cc1Cl. The molecule has 0 aliphatic carbocycles. The number of aromatic nitrogens is 2. The number of hydrogen-bond donors (Lipinski definition) is 1. The highest BCUT2D eigenvalue weighted by Gasteiger charge is 2.34. The van der Waals surface area contributed by atoms with Crippen molar-refractivity contribution in [3.05, 3.63) is 45.0 Å². The molecule has 0 aliphatic heterocycles. The summed E-state index contributed by atoms with van der Waals surface area (Å²) in [7, 11) is -2.82. The molecule has 142 valence electrons. The molecule has 1 aromatic heterocycles. The minimum Gasteiger partial charge on any atom is -0.287 e. The summed E-state index contributed by atoms with van der Waals surface area (Å²) in [5, 5.41) is 3.20. The monoisotopic (exact) mass is 413 g/mol. The summed E-state index contributed by atoms with van der Waals surface area (Å²) >= 11 is 5.79. The number of benzene rings is 1. The van der Waals surface area contributed by atoms with Gasteiger partial charge in [-0.3, -0.25) is 14.2 Å². The number of hydrogen-bond acceptors (Lipinski definition) is 4. The molecular formula is C14H12ClF4N3O3S. The number of alkyl halides is 3. The van der Waals surface area contributed by atoms with E-state index in [1.807, 2.05) is 0 Å². The van der Waals surface area contributed by atoms with Gasteiger partial charge in [0.2, 0.25) is 15.5 Å². The van der Waals surface area contributed by atoms with Crippen LogP contribution in [0.25, 0.3) is 11.3 Å². The first-order valence-corrected chi connectivity index (χ1v) is 9.04. The van der Waals surface area contributed by atoms with Crippen LogP contribution >= 0.6 is 11.6 Å². The summed E-state index contributed by atoms with van der Waals surface area (Å²) in [6, 6.07) is 1.93. The smallest absolute Gasteiger partial charge is 0.287 e. The predicted molar refractivity (Wildman–Crippen MR) is 88.0 cm³/mol. The fraction of sp³-hybridized carbons (Fsp3) is 0.286. The van der Waals surface area contributed by atoms with Gasteiger partial charge < -0.3 is 0 Å². The maximum atomic E-state index is 14.2. The Morgan fingerprint density at radius 2 is 1.88 bits per heavy atom. The van der Waals surface area contributed by atoms with Crippen LogP contribution in [0.4, 0.5) is 23.2 Å². The molecule has 0 fully saturated rings. The first-order chi connectivity index (χ1) is 11.9. The van der Waals surface area contributed by atoms with Crippen LogP contribution in [-0.4, -0.2) is 24.0 Å². The molecule has 2 rings (SSSR count). The zero-order chi connectivity index (χ0) is 19.9. The van der Waals surface area contributed by atoms with Crippen LogP contribution in [0.15, 0.2) is 23.0 Å². The van der Waals surface area contributed by atoms with Crippen molar-refractivity contribution in [2.45, 2.75) is 13.1 Å². The van der Waals surface area contributed by atoms with Gasteiger partial charge in [-0.25, -0.2) is 12.8 Å². The molecule has 0 saturated carbocycles. The summed E-state index contributed by atoms with van der Waals surface area (Å²) < 4.78 is 78.5. The first-order valence-electron chi connectivity index (χ1n) is 7.01. The van der Waals surface area contributed by atoms with Gasteiger partial charge >= 0.3 is 6.18 Å². The van der Waals surface area contributed by atoms with E-state index in [1.165, 1.54) is 6.92 Å². The average molecular weight is 414 g/mol. The molecule has 0 radical (unpaired) electrons. The highest BCUT2D eigenvalue weighted by atomic mass is 35.5. The second kappa shape index (κ2) is 6.88. The summed E-state index contributed by atoms with van der Waals surface area (Å²) in [5.41, 5.74) is -3.83. The van der Waals surface area contributed by atoms with Gasteiger partial charge in [-0.2, -0.15) is 18.3 Å². The molecule has 26 heavy (non-hydrogen) atoms. The van der Waals surface area contributed by atoms with Crippen LogP contribution < -0.4 is 10.2 Å². The summed E-state index contributed by atoms with van der Waals surface area (Å²) in [4.78, 5) is 12.0. The van der Waals surface area contributed by atoms with Crippen molar-refractivity contribution in [1.29, 1.82) is 0 Å². The lowest BCUT2D eigenvalue weighted by molar-refractivity contribution is -0.144. The molecule has 0 bridgehead atoms. The third-order valence-corrected chi connectivity index (χ3v) is 4.95. The van der Waals surface area contributed by atoms with Gasteiger partial charge in [0.05, 0.1) is 16.5 Å². The van der Waals surface area contributed by atoms with Crippen LogP contribution in [0.2, 0.25) is 5.02 Å². The number of rotatable bonds is 4. The maximum Gasteiger partial charge on any atom is 0.433 e. The van der Waals surface area contributed by atoms with E-state index in [-0.39, 0.29) is 22.5 Å². The van der Waals surface area contributed by atoms with Gasteiger partial charge in [-0.1, -0.05) is 11.6 Å². The highest BCUT2D eigenvalue weighted by molar-refractivity contribution is 7.92. The molecule has 0 aliphatic rings. The molecule has 6 nitrogen and oxygen atoms in total. The Bertz CT molecular complexity index is 1020. The van der Waals surface area contributed by atoms with E-state index in [4.69, 9.17) is 11.6 Å². The summed E-state index contributed by atoms with van der Waals surface area (Å²) in [6.07, 6.45) is -4.82. The number of halogens is 5. The lowest BCUT2D eigenvalue weighted by atomic mass is 10.1. The second-order valence-electron chi connectivity index (χ2n) is 5.18. The largest absolute Gasteiger partial charge is 0.433 e. The molecule has 2 aromatic rings. The van der Waals surface area contributed by atoms with E-state index in [2.05, 4.69) is 9.82 Å². The molecule has 0 atom stereocenters. The molecule has 1 heterocycles. The van der Waals surface area contributed by atoms with Crippen LogP contribution in [0.5, 0.6) is 0 Å². The molecule has 0 amide bonds. The van der Waals surface area contributed by atoms with Crippen molar-refractivity contribution in [2.24, 2.45) is 7.05 Å². The lowest BCUT2D eigenvalue weighted by Gasteiger charge is -2.14. The van der Waals surface area contributed by atoms with Crippen LogP contribution in [0.3, 0.4) is 0 Å². The van der Waals surface area contributed by atoms with Crippen LogP contribution in [-0.2, 0) is 23.2 Å². The van der Waals surface area contributed by atoms with E-state index in [0.717, 1.165) is 19.2 Å². The molecule has 0 unspecified atom stereocenters. The standard InChI is InChI=1S/C14H12ClF4N3O3S/c1-3-26(24,25)21-10-4-7(9(16)5-8(10)15)13-11(23)6-12(14(17,18)19)22(2)20-13/h4-6,21H,3H2,1-2H3. The summed E-state index contributed by atoms with van der Waals surface area (Å²) in [5.74, 6) is -1.34. The predicted octanol–water partition coefficient (Wildman–Crippen LogP) is 3.02. The van der Waals surface area contributed by atoms with Crippen molar-refractivity contribution in [1.82, 2.24) is 9.78 Å². The zero-order valence-corrected chi connectivity index (χ0v) is 14.9. The van der Waals surface area contributed by atoms with Gasteiger partial charge in [0, 0.05) is 18.7 Å². The summed E-state index contributed by atoms with van der Waals surface area (Å²) in [6.45, 7) is 1.35. The quantitative estimate of drug-likeness (QED) is 0.781. The normalized spacial score (nSPS) is 12.3. The Morgan fingerprint density at radius 1 is 1.27 bits per heavy atom. The Morgan fingerprint density at radius 3 is 2.42 bits per heavy atom. The second-order valence-corrected chi connectivity index (χ2v) is 7.60. The molecule has 1 N–H and O–H groups in total. The molecule has 12 heteroatoms. The van der Waals surface area contributed by atoms with Crippen molar-refractivity contribution in [3.8, 4) is 11.3 Å². The minimum atomic E-state index is -4.82. The van der Waals surface area contributed by atoms with E-state index < -0.39 is 44.4 Å². The van der Waals surface area contributed by atoms with Crippen molar-refractivity contribution in [3.63, 3.8) is 0 Å². The Hall–Kier alpha value is -2.14. The highest BCUT2D eigenvalue weighted by Crippen LogP contribution is 2.32. The lowest BCUT2D eigenvalue weighted by Crippen LogP contribution is -2.23. The molecular weight excluding hydrogens is 402 g/mol. The molecule has 1 aromatic carbocycles. The minimum absolute atomic E-state index is 0.228. The molecule has 0 saturated heterocycles. The number of anilines is 1. The average Bonchev–Trinajstić information content (AvgIpc) is 2.51. The van der Waals surface area contributed by atoms with Gasteiger partial charge in [0.15, 0.2) is 0 Å². The van der Waals surface area contributed by atoms with Gasteiger partial charge in [-0.05, 0) is 19.1 Å². The van der Waals surface area contributed by atoms with E-state index in [1.54, 1.807) is 0 Å². The van der Waals surface area contributed by atoms with Crippen molar-refractivity contribution in [2.75, 3.05) is 10.5 Å². The van der Waals surface area contributed by atoms with Crippen molar-refractivity contribution < 1.29 is 26.0 Å². The fourth-order valence-electron chi connectivity index (χ4n) is 2.04. The topological polar surface area (TPSA) is 81.1 Å². The van der Waals surface area contributed by atoms with E-state index in [0.29, 0.717) is 4.68 Å². The fourth-order valence-corrected chi connectivity index (χ4v) is 2.94. The number of aryl methyl sites for hydroxylation is 1. The number of sulfonamides is 1. The third-order valence-electron chi connectivity index (χ3n) is 3.35. The zero-order valence-electron chi connectivity index (χ0n) is 13.4. The third kappa shape index (κ3) is 4.15. The van der Waals surface area contributed by atoms with Gasteiger partial charge in [0.1, 0.15) is 17.2 Å². The first kappa shape index (κ1) is 20.2. The van der Waals surface area contributed by atoms with Crippen LogP contribution in [0.1, 0.15) is 12.6 Å². The van der Waals surface area contributed by atoms with Gasteiger partial charge in [0.25, 0.3) is 0 Å². The maximum absolute atomic E-state index is 14.2. The van der Waals surface area contributed by atoms with E-state index in [9.17, 15) is 30.8 Å². The van der Waals surface area contributed by atoms with Gasteiger partial charge in [-0.15, -0.1) is 0 Å². The Labute approximate surface area is 150 Å². The van der Waals surface area contributed by atoms with Crippen molar-refractivity contribution >= 4 is 27.3 Å².